The summed E-state index contributed by atoms with van der Waals surface area (Å²) < 4.78 is 11.4. The van der Waals surface area contributed by atoms with Crippen LogP contribution < -0.4 is 4.74 Å². The highest BCUT2D eigenvalue weighted by atomic mass is 16.5. The van der Waals surface area contributed by atoms with Gasteiger partial charge in [0.25, 0.3) is 0 Å². The van der Waals surface area contributed by atoms with E-state index in [1.165, 1.54) is 19.3 Å². The van der Waals surface area contributed by atoms with Gasteiger partial charge in [-0.25, -0.2) is 0 Å². The Bertz CT molecular complexity index is 478. The van der Waals surface area contributed by atoms with Crippen LogP contribution in [0.25, 0.3) is 0 Å². The van der Waals surface area contributed by atoms with Crippen LogP contribution in [0.1, 0.15) is 50.2 Å². The first-order chi connectivity index (χ1) is 9.76. The summed E-state index contributed by atoms with van der Waals surface area (Å²) in [6.07, 6.45) is 6.51. The number of nitriles is 1. The number of nitrogens with zero attached hydrogens (tertiary/aromatic N) is 1. The number of methoxy groups -OCH3 is 1. The highest BCUT2D eigenvalue weighted by Gasteiger charge is 2.21. The molecule has 20 heavy (non-hydrogen) atoms. The van der Waals surface area contributed by atoms with Crippen molar-refractivity contribution in [3.63, 3.8) is 0 Å². The van der Waals surface area contributed by atoms with E-state index >= 15 is 0 Å². The van der Waals surface area contributed by atoms with Gasteiger partial charge >= 0.3 is 0 Å². The van der Waals surface area contributed by atoms with Crippen molar-refractivity contribution in [1.29, 1.82) is 5.26 Å². The van der Waals surface area contributed by atoms with Crippen molar-refractivity contribution >= 4 is 0 Å². The van der Waals surface area contributed by atoms with Crippen LogP contribution in [0.3, 0.4) is 0 Å². The summed E-state index contributed by atoms with van der Waals surface area (Å²) in [7, 11) is 1.65. The molecule has 0 spiro atoms. The predicted molar refractivity (Wildman–Crippen MR) is 78.5 cm³/mol. The lowest BCUT2D eigenvalue weighted by atomic mass is 9.85. The van der Waals surface area contributed by atoms with Crippen molar-refractivity contribution in [3.05, 3.63) is 29.3 Å². The summed E-state index contributed by atoms with van der Waals surface area (Å²) >= 11 is 0. The van der Waals surface area contributed by atoms with Crippen molar-refractivity contribution in [2.45, 2.75) is 51.7 Å². The maximum Gasteiger partial charge on any atom is 0.124 e. The molecule has 0 heterocycles. The van der Waals surface area contributed by atoms with Crippen molar-refractivity contribution < 1.29 is 9.47 Å². The summed E-state index contributed by atoms with van der Waals surface area (Å²) in [6.45, 7) is 2.78. The van der Waals surface area contributed by atoms with Crippen molar-refractivity contribution in [1.82, 2.24) is 0 Å². The van der Waals surface area contributed by atoms with E-state index in [0.717, 1.165) is 30.1 Å². The van der Waals surface area contributed by atoms with Gasteiger partial charge in [0.05, 0.1) is 31.5 Å². The first-order valence-corrected chi connectivity index (χ1v) is 7.45. The first-order valence-electron chi connectivity index (χ1n) is 7.45. The molecule has 2 unspecified atom stereocenters. The van der Waals surface area contributed by atoms with E-state index < -0.39 is 0 Å². The zero-order valence-corrected chi connectivity index (χ0v) is 12.4. The topological polar surface area (TPSA) is 42.2 Å². The molecule has 0 saturated heterocycles. The summed E-state index contributed by atoms with van der Waals surface area (Å²) in [5.41, 5.74) is 1.62. The summed E-state index contributed by atoms with van der Waals surface area (Å²) in [5, 5.41) is 8.98. The van der Waals surface area contributed by atoms with Gasteiger partial charge in [-0.3, -0.25) is 0 Å². The molecule has 0 aliphatic heterocycles. The normalized spacial score (nSPS) is 22.2. The molecule has 3 heteroatoms. The minimum atomic E-state index is 0.351. The molecule has 1 aliphatic rings. The Morgan fingerprint density at radius 3 is 2.90 bits per heavy atom. The van der Waals surface area contributed by atoms with Gasteiger partial charge in [-0.05, 0) is 37.0 Å². The predicted octanol–water partition coefficient (Wildman–Crippen LogP) is 4.05. The zero-order chi connectivity index (χ0) is 14.4. The number of ether oxygens (including phenoxy) is 2. The average molecular weight is 273 g/mol. The average Bonchev–Trinajstić information content (AvgIpc) is 2.52. The molecule has 3 nitrogen and oxygen atoms in total. The minimum absolute atomic E-state index is 0.351. The van der Waals surface area contributed by atoms with E-state index in [4.69, 9.17) is 14.7 Å². The van der Waals surface area contributed by atoms with Gasteiger partial charge in [0, 0.05) is 5.56 Å². The lowest BCUT2D eigenvalue weighted by molar-refractivity contribution is 0.00107. The Hall–Kier alpha value is -1.53. The van der Waals surface area contributed by atoms with Crippen LogP contribution in [0.2, 0.25) is 0 Å². The van der Waals surface area contributed by atoms with Gasteiger partial charge < -0.3 is 9.47 Å². The summed E-state index contributed by atoms with van der Waals surface area (Å²) in [6, 6.07) is 7.64. The van der Waals surface area contributed by atoms with Crippen LogP contribution in [0.15, 0.2) is 18.2 Å². The Kier molecular flexibility index (Phi) is 5.43. The van der Waals surface area contributed by atoms with Gasteiger partial charge in [0.2, 0.25) is 0 Å². The van der Waals surface area contributed by atoms with Crippen LogP contribution in [0.5, 0.6) is 5.75 Å². The molecule has 0 amide bonds. The van der Waals surface area contributed by atoms with E-state index in [1.807, 2.05) is 12.1 Å². The number of hydrogen-bond donors (Lipinski definition) is 0. The monoisotopic (exact) mass is 273 g/mol. The molecule has 2 rings (SSSR count). The second kappa shape index (κ2) is 7.31. The van der Waals surface area contributed by atoms with Gasteiger partial charge in [0.15, 0.2) is 0 Å². The Morgan fingerprint density at radius 1 is 1.35 bits per heavy atom. The van der Waals surface area contributed by atoms with Crippen LogP contribution in [0.4, 0.5) is 0 Å². The number of hydrogen-bond acceptors (Lipinski definition) is 3. The molecule has 1 aromatic rings. The molecule has 108 valence electrons. The molecular weight excluding hydrogens is 250 g/mol. The standard InChI is InChI=1S/C17H23NO2/c1-3-13-5-4-6-16(10-13)20-12-15-9-14(11-18)7-8-17(15)19-2/h7-9,13,16H,3-6,10,12H2,1-2H3. The zero-order valence-electron chi connectivity index (χ0n) is 12.4. The smallest absolute Gasteiger partial charge is 0.124 e. The van der Waals surface area contributed by atoms with Crippen LogP contribution in [0, 0.1) is 17.2 Å². The SMILES string of the molecule is CCC1CCCC(OCc2cc(C#N)ccc2OC)C1. The van der Waals surface area contributed by atoms with Gasteiger partial charge in [-0.1, -0.05) is 26.2 Å². The maximum atomic E-state index is 8.98. The molecule has 0 N–H and O–H groups in total. The molecule has 2 atom stereocenters. The van der Waals surface area contributed by atoms with Gasteiger partial charge in [-0.2, -0.15) is 5.26 Å². The van der Waals surface area contributed by atoms with Crippen LogP contribution in [-0.4, -0.2) is 13.2 Å². The highest BCUT2D eigenvalue weighted by molar-refractivity contribution is 5.41. The van der Waals surface area contributed by atoms with Crippen molar-refractivity contribution in [2.24, 2.45) is 5.92 Å². The Morgan fingerprint density at radius 2 is 2.20 bits per heavy atom. The van der Waals surface area contributed by atoms with Crippen LogP contribution in [-0.2, 0) is 11.3 Å². The van der Waals surface area contributed by atoms with E-state index in [2.05, 4.69) is 13.0 Å². The minimum Gasteiger partial charge on any atom is -0.496 e. The molecule has 0 radical (unpaired) electrons. The summed E-state index contributed by atoms with van der Waals surface area (Å²) in [4.78, 5) is 0. The fourth-order valence-corrected chi connectivity index (χ4v) is 2.93. The molecule has 1 saturated carbocycles. The lowest BCUT2D eigenvalue weighted by Gasteiger charge is -2.28. The van der Waals surface area contributed by atoms with Crippen molar-refractivity contribution in [3.8, 4) is 11.8 Å². The van der Waals surface area contributed by atoms with Gasteiger partial charge in [0.1, 0.15) is 5.75 Å². The fourth-order valence-electron chi connectivity index (χ4n) is 2.93. The second-order valence-corrected chi connectivity index (χ2v) is 5.51. The fraction of sp³-hybridized carbons (Fsp3) is 0.588. The maximum absolute atomic E-state index is 8.98. The summed E-state index contributed by atoms with van der Waals surface area (Å²) in [5.74, 6) is 1.60. The third-order valence-corrected chi connectivity index (χ3v) is 4.20. The molecule has 1 fully saturated rings. The Labute approximate surface area is 121 Å². The van der Waals surface area contributed by atoms with Gasteiger partial charge in [-0.15, -0.1) is 0 Å². The molecular formula is C17H23NO2. The lowest BCUT2D eigenvalue weighted by Crippen LogP contribution is -2.22. The van der Waals surface area contributed by atoms with Crippen molar-refractivity contribution in [2.75, 3.05) is 7.11 Å². The van der Waals surface area contributed by atoms with Crippen LogP contribution >= 0.6 is 0 Å². The Balaban J connectivity index is 1.97. The molecule has 1 aliphatic carbocycles. The van der Waals surface area contributed by atoms with E-state index in [-0.39, 0.29) is 0 Å². The molecule has 0 aromatic heterocycles. The van der Waals surface area contributed by atoms with E-state index in [9.17, 15) is 0 Å². The molecule has 0 bridgehead atoms. The largest absolute Gasteiger partial charge is 0.496 e. The third kappa shape index (κ3) is 3.74. The van der Waals surface area contributed by atoms with E-state index in [1.54, 1.807) is 13.2 Å². The number of benzene rings is 1. The van der Waals surface area contributed by atoms with E-state index in [0.29, 0.717) is 18.3 Å². The molecule has 1 aromatic carbocycles. The third-order valence-electron chi connectivity index (χ3n) is 4.20. The second-order valence-electron chi connectivity index (χ2n) is 5.51. The number of rotatable bonds is 5. The first kappa shape index (κ1) is 14.9. The quantitative estimate of drug-likeness (QED) is 0.812. The highest BCUT2D eigenvalue weighted by Crippen LogP contribution is 2.30.